The van der Waals surface area contributed by atoms with Crippen molar-refractivity contribution in [1.82, 2.24) is 4.98 Å². The predicted molar refractivity (Wildman–Crippen MR) is 72.5 cm³/mol. The second kappa shape index (κ2) is 5.19. The Labute approximate surface area is 107 Å². The molecule has 0 unspecified atom stereocenters. The SMILES string of the molecule is Cc1ccncc1CNc1ccc(Cl)cc1C. The highest BCUT2D eigenvalue weighted by atomic mass is 35.5. The maximum absolute atomic E-state index is 5.92. The van der Waals surface area contributed by atoms with Gasteiger partial charge in [0.1, 0.15) is 0 Å². The first-order chi connectivity index (χ1) is 8.16. The van der Waals surface area contributed by atoms with Crippen LogP contribution in [0.5, 0.6) is 0 Å². The van der Waals surface area contributed by atoms with Gasteiger partial charge in [-0.1, -0.05) is 11.6 Å². The third-order valence-corrected chi connectivity index (χ3v) is 3.04. The van der Waals surface area contributed by atoms with E-state index in [0.29, 0.717) is 0 Å². The van der Waals surface area contributed by atoms with E-state index < -0.39 is 0 Å². The molecular weight excluding hydrogens is 232 g/mol. The number of anilines is 1. The number of pyridine rings is 1. The minimum Gasteiger partial charge on any atom is -0.381 e. The van der Waals surface area contributed by atoms with Crippen molar-refractivity contribution in [1.29, 1.82) is 0 Å². The average molecular weight is 247 g/mol. The minimum absolute atomic E-state index is 0.769. The highest BCUT2D eigenvalue weighted by molar-refractivity contribution is 6.30. The minimum atomic E-state index is 0.769. The second-order valence-corrected chi connectivity index (χ2v) is 4.55. The van der Waals surface area contributed by atoms with Gasteiger partial charge in [-0.05, 0) is 54.8 Å². The topological polar surface area (TPSA) is 24.9 Å². The summed E-state index contributed by atoms with van der Waals surface area (Å²) < 4.78 is 0. The number of hydrogen-bond donors (Lipinski definition) is 1. The smallest absolute Gasteiger partial charge is 0.0418 e. The first kappa shape index (κ1) is 11.9. The molecule has 0 saturated carbocycles. The van der Waals surface area contributed by atoms with Crippen LogP contribution in [0.3, 0.4) is 0 Å². The van der Waals surface area contributed by atoms with Crippen LogP contribution in [0.15, 0.2) is 36.7 Å². The van der Waals surface area contributed by atoms with Crippen LogP contribution in [0.1, 0.15) is 16.7 Å². The molecule has 0 aliphatic heterocycles. The van der Waals surface area contributed by atoms with Gasteiger partial charge < -0.3 is 5.32 Å². The summed E-state index contributed by atoms with van der Waals surface area (Å²) in [6.07, 6.45) is 3.71. The molecule has 0 aliphatic rings. The fourth-order valence-electron chi connectivity index (χ4n) is 1.70. The summed E-state index contributed by atoms with van der Waals surface area (Å²) in [4.78, 5) is 4.13. The van der Waals surface area contributed by atoms with Gasteiger partial charge in [-0.2, -0.15) is 0 Å². The van der Waals surface area contributed by atoms with E-state index in [9.17, 15) is 0 Å². The lowest BCUT2D eigenvalue weighted by atomic mass is 10.1. The summed E-state index contributed by atoms with van der Waals surface area (Å²) in [5.74, 6) is 0. The Kier molecular flexibility index (Phi) is 3.64. The van der Waals surface area contributed by atoms with Crippen molar-refractivity contribution in [2.45, 2.75) is 20.4 Å². The monoisotopic (exact) mass is 246 g/mol. The Morgan fingerprint density at radius 2 is 2.00 bits per heavy atom. The second-order valence-electron chi connectivity index (χ2n) is 4.11. The van der Waals surface area contributed by atoms with Crippen molar-refractivity contribution in [2.24, 2.45) is 0 Å². The number of nitrogens with zero attached hydrogens (tertiary/aromatic N) is 1. The van der Waals surface area contributed by atoms with Crippen LogP contribution >= 0.6 is 11.6 Å². The van der Waals surface area contributed by atoms with Crippen molar-refractivity contribution >= 4 is 17.3 Å². The molecule has 0 spiro atoms. The lowest BCUT2D eigenvalue weighted by molar-refractivity contribution is 1.08. The predicted octanol–water partition coefficient (Wildman–Crippen LogP) is 3.96. The van der Waals surface area contributed by atoms with Gasteiger partial charge in [0.05, 0.1) is 0 Å². The molecule has 0 amide bonds. The van der Waals surface area contributed by atoms with E-state index in [1.54, 1.807) is 0 Å². The average Bonchev–Trinajstić information content (AvgIpc) is 2.30. The molecular formula is C14H15ClN2. The van der Waals surface area contributed by atoms with E-state index in [1.165, 1.54) is 11.1 Å². The normalized spacial score (nSPS) is 10.3. The van der Waals surface area contributed by atoms with Crippen LogP contribution in [0.4, 0.5) is 5.69 Å². The molecule has 2 nitrogen and oxygen atoms in total. The molecule has 2 rings (SSSR count). The maximum Gasteiger partial charge on any atom is 0.0418 e. The molecule has 0 fully saturated rings. The molecule has 1 N–H and O–H groups in total. The van der Waals surface area contributed by atoms with Gasteiger partial charge in [0.15, 0.2) is 0 Å². The number of hydrogen-bond acceptors (Lipinski definition) is 2. The van der Waals surface area contributed by atoms with Crippen molar-refractivity contribution in [2.75, 3.05) is 5.32 Å². The summed E-state index contributed by atoms with van der Waals surface area (Å²) in [5, 5.41) is 4.17. The van der Waals surface area contributed by atoms with Crippen LogP contribution in [0.2, 0.25) is 5.02 Å². The molecule has 0 aliphatic carbocycles. The summed E-state index contributed by atoms with van der Waals surface area (Å²) in [5.41, 5.74) is 4.72. The molecule has 17 heavy (non-hydrogen) atoms. The number of halogens is 1. The summed E-state index contributed by atoms with van der Waals surface area (Å²) >= 11 is 5.92. The quantitative estimate of drug-likeness (QED) is 0.887. The number of rotatable bonds is 3. The molecule has 88 valence electrons. The van der Waals surface area contributed by atoms with E-state index in [0.717, 1.165) is 22.8 Å². The van der Waals surface area contributed by atoms with E-state index in [1.807, 2.05) is 43.6 Å². The Balaban J connectivity index is 2.10. The van der Waals surface area contributed by atoms with Crippen LogP contribution in [-0.2, 0) is 6.54 Å². The van der Waals surface area contributed by atoms with E-state index >= 15 is 0 Å². The Morgan fingerprint density at radius 3 is 2.71 bits per heavy atom. The van der Waals surface area contributed by atoms with Crippen molar-refractivity contribution in [3.05, 3.63) is 58.4 Å². The van der Waals surface area contributed by atoms with Crippen molar-refractivity contribution in [3.63, 3.8) is 0 Å². The molecule has 1 aromatic heterocycles. The van der Waals surface area contributed by atoms with Gasteiger partial charge in [-0.3, -0.25) is 4.98 Å². The van der Waals surface area contributed by atoms with Gasteiger partial charge >= 0.3 is 0 Å². The standard InChI is InChI=1S/C14H15ClN2/c1-10-5-6-16-8-12(10)9-17-14-4-3-13(15)7-11(14)2/h3-8,17H,9H2,1-2H3. The number of nitrogens with one attached hydrogen (secondary N) is 1. The molecule has 1 heterocycles. The van der Waals surface area contributed by atoms with Gasteiger partial charge in [-0.25, -0.2) is 0 Å². The Hall–Kier alpha value is -1.54. The third-order valence-electron chi connectivity index (χ3n) is 2.81. The van der Waals surface area contributed by atoms with Gasteiger partial charge in [0.2, 0.25) is 0 Å². The van der Waals surface area contributed by atoms with Crippen LogP contribution in [-0.4, -0.2) is 4.98 Å². The van der Waals surface area contributed by atoms with Crippen LogP contribution in [0.25, 0.3) is 0 Å². The fraction of sp³-hybridized carbons (Fsp3) is 0.214. The largest absolute Gasteiger partial charge is 0.381 e. The summed E-state index contributed by atoms with van der Waals surface area (Å²) in [6.45, 7) is 4.92. The lowest BCUT2D eigenvalue weighted by Gasteiger charge is -2.11. The zero-order chi connectivity index (χ0) is 12.3. The first-order valence-corrected chi connectivity index (χ1v) is 5.94. The third kappa shape index (κ3) is 2.98. The molecule has 0 saturated heterocycles. The van der Waals surface area contributed by atoms with E-state index in [-0.39, 0.29) is 0 Å². The maximum atomic E-state index is 5.92. The first-order valence-electron chi connectivity index (χ1n) is 5.56. The van der Waals surface area contributed by atoms with E-state index in [2.05, 4.69) is 17.2 Å². The van der Waals surface area contributed by atoms with Crippen LogP contribution in [0, 0.1) is 13.8 Å². The van der Waals surface area contributed by atoms with Gasteiger partial charge in [0, 0.05) is 29.6 Å². The molecule has 0 radical (unpaired) electrons. The zero-order valence-electron chi connectivity index (χ0n) is 10.00. The summed E-state index contributed by atoms with van der Waals surface area (Å²) in [7, 11) is 0. The molecule has 1 aromatic carbocycles. The molecule has 0 atom stereocenters. The number of aromatic nitrogens is 1. The van der Waals surface area contributed by atoms with Crippen LogP contribution < -0.4 is 5.32 Å². The van der Waals surface area contributed by atoms with Gasteiger partial charge in [0.25, 0.3) is 0 Å². The zero-order valence-corrected chi connectivity index (χ0v) is 10.8. The molecule has 3 heteroatoms. The molecule has 2 aromatic rings. The van der Waals surface area contributed by atoms with Crippen molar-refractivity contribution in [3.8, 4) is 0 Å². The van der Waals surface area contributed by atoms with Crippen molar-refractivity contribution < 1.29 is 0 Å². The lowest BCUT2D eigenvalue weighted by Crippen LogP contribution is -2.03. The summed E-state index contributed by atoms with van der Waals surface area (Å²) in [6, 6.07) is 7.88. The molecule has 0 bridgehead atoms. The Morgan fingerprint density at radius 1 is 1.18 bits per heavy atom. The number of aryl methyl sites for hydroxylation is 2. The highest BCUT2D eigenvalue weighted by Crippen LogP contribution is 2.20. The van der Waals surface area contributed by atoms with Gasteiger partial charge in [-0.15, -0.1) is 0 Å². The highest BCUT2D eigenvalue weighted by Gasteiger charge is 2.01. The Bertz CT molecular complexity index is 523. The number of benzene rings is 1. The fourth-order valence-corrected chi connectivity index (χ4v) is 1.92. The van der Waals surface area contributed by atoms with E-state index in [4.69, 9.17) is 11.6 Å².